The molecular formula is C18H30ClN3O2. The lowest BCUT2D eigenvalue weighted by Crippen LogP contribution is -2.48. The first-order valence-electron chi connectivity index (χ1n) is 8.69. The third kappa shape index (κ3) is 7.51. The lowest BCUT2D eigenvalue weighted by atomic mass is 10.0. The second-order valence-corrected chi connectivity index (χ2v) is 5.96. The zero-order chi connectivity index (χ0) is 16.3. The lowest BCUT2D eigenvalue weighted by Gasteiger charge is -2.34. The van der Waals surface area contributed by atoms with E-state index in [0.717, 1.165) is 44.6 Å². The van der Waals surface area contributed by atoms with E-state index in [-0.39, 0.29) is 18.3 Å². The monoisotopic (exact) mass is 355 g/mol. The fourth-order valence-corrected chi connectivity index (χ4v) is 2.97. The van der Waals surface area contributed by atoms with E-state index in [1.54, 1.807) is 0 Å². The number of halogens is 1. The van der Waals surface area contributed by atoms with Gasteiger partial charge in [0, 0.05) is 6.04 Å². The van der Waals surface area contributed by atoms with Crippen LogP contribution >= 0.6 is 12.4 Å². The van der Waals surface area contributed by atoms with Crippen LogP contribution in [0.15, 0.2) is 30.3 Å². The van der Waals surface area contributed by atoms with Crippen molar-refractivity contribution in [1.29, 1.82) is 0 Å². The van der Waals surface area contributed by atoms with Gasteiger partial charge in [0.2, 0.25) is 5.91 Å². The number of hydrogen-bond acceptors (Lipinski definition) is 4. The molecule has 0 spiro atoms. The van der Waals surface area contributed by atoms with Crippen LogP contribution in [0.1, 0.15) is 26.2 Å². The number of ether oxygens (including phenoxy) is 1. The normalized spacial score (nSPS) is 14.9. The molecule has 5 nitrogen and oxygen atoms in total. The summed E-state index contributed by atoms with van der Waals surface area (Å²) in [6.07, 6.45) is 3.34. The van der Waals surface area contributed by atoms with Gasteiger partial charge in [-0.15, -0.1) is 12.4 Å². The van der Waals surface area contributed by atoms with Crippen molar-refractivity contribution >= 4 is 18.3 Å². The van der Waals surface area contributed by atoms with Crippen molar-refractivity contribution < 1.29 is 9.53 Å². The molecule has 1 aliphatic rings. The maximum atomic E-state index is 12.2. The molecule has 0 unspecified atom stereocenters. The summed E-state index contributed by atoms with van der Waals surface area (Å²) in [7, 11) is 0. The second-order valence-electron chi connectivity index (χ2n) is 5.96. The van der Waals surface area contributed by atoms with E-state index in [1.165, 1.54) is 0 Å². The third-order valence-electron chi connectivity index (χ3n) is 4.12. The van der Waals surface area contributed by atoms with Gasteiger partial charge < -0.3 is 15.4 Å². The van der Waals surface area contributed by atoms with Gasteiger partial charge in [-0.2, -0.15) is 0 Å². The fourth-order valence-electron chi connectivity index (χ4n) is 2.97. The van der Waals surface area contributed by atoms with E-state index in [4.69, 9.17) is 4.74 Å². The highest BCUT2D eigenvalue weighted by atomic mass is 35.5. The first-order valence-corrected chi connectivity index (χ1v) is 8.69. The number of para-hydroxylation sites is 1. The molecule has 136 valence electrons. The smallest absolute Gasteiger partial charge is 0.234 e. The Hall–Kier alpha value is -1.30. The number of piperidine rings is 1. The SMILES string of the molecule is CCCN(CC(=O)NCCOc1ccccc1)C1CCNCC1.Cl. The number of rotatable bonds is 9. The summed E-state index contributed by atoms with van der Waals surface area (Å²) in [6.45, 7) is 6.79. The Labute approximate surface area is 151 Å². The zero-order valence-electron chi connectivity index (χ0n) is 14.5. The van der Waals surface area contributed by atoms with Crippen LogP contribution in [-0.4, -0.2) is 56.2 Å². The Kier molecular flexibility index (Phi) is 10.5. The molecule has 1 heterocycles. The third-order valence-corrected chi connectivity index (χ3v) is 4.12. The number of nitrogens with zero attached hydrogens (tertiary/aromatic N) is 1. The standard InChI is InChI=1S/C18H29N3O2.ClH/c1-2-13-21(16-8-10-19-11-9-16)15-18(22)20-12-14-23-17-6-4-3-5-7-17;/h3-7,16,19H,2,8-15H2,1H3,(H,20,22);1H. The van der Waals surface area contributed by atoms with Gasteiger partial charge in [0.05, 0.1) is 13.1 Å². The molecule has 24 heavy (non-hydrogen) atoms. The Balaban J connectivity index is 0.00000288. The summed E-state index contributed by atoms with van der Waals surface area (Å²) >= 11 is 0. The molecule has 1 aromatic rings. The molecule has 0 bridgehead atoms. The summed E-state index contributed by atoms with van der Waals surface area (Å²) in [5.74, 6) is 0.928. The fraction of sp³-hybridized carbons (Fsp3) is 0.611. The Bertz CT molecular complexity index is 453. The average molecular weight is 356 g/mol. The van der Waals surface area contributed by atoms with E-state index in [1.807, 2.05) is 30.3 Å². The van der Waals surface area contributed by atoms with Crippen molar-refractivity contribution in [2.24, 2.45) is 0 Å². The van der Waals surface area contributed by atoms with Crippen molar-refractivity contribution in [3.05, 3.63) is 30.3 Å². The van der Waals surface area contributed by atoms with Gasteiger partial charge in [0.15, 0.2) is 0 Å². The molecule has 0 aliphatic carbocycles. The van der Waals surface area contributed by atoms with E-state index in [9.17, 15) is 4.79 Å². The number of amides is 1. The van der Waals surface area contributed by atoms with Gasteiger partial charge >= 0.3 is 0 Å². The van der Waals surface area contributed by atoms with E-state index in [0.29, 0.717) is 25.7 Å². The van der Waals surface area contributed by atoms with Crippen molar-refractivity contribution in [2.75, 3.05) is 39.3 Å². The largest absolute Gasteiger partial charge is 0.492 e. The number of carbonyl (C=O) groups is 1. The minimum atomic E-state index is 0. The molecular weight excluding hydrogens is 326 g/mol. The summed E-state index contributed by atoms with van der Waals surface area (Å²) in [4.78, 5) is 14.5. The highest BCUT2D eigenvalue weighted by molar-refractivity contribution is 5.85. The van der Waals surface area contributed by atoms with E-state index in [2.05, 4.69) is 22.5 Å². The molecule has 1 aliphatic heterocycles. The molecule has 2 N–H and O–H groups in total. The van der Waals surface area contributed by atoms with Gasteiger partial charge in [-0.25, -0.2) is 0 Å². The first-order chi connectivity index (χ1) is 11.3. The summed E-state index contributed by atoms with van der Waals surface area (Å²) in [5, 5.41) is 6.34. The van der Waals surface area contributed by atoms with Crippen molar-refractivity contribution in [2.45, 2.75) is 32.2 Å². The van der Waals surface area contributed by atoms with Gasteiger partial charge in [0.1, 0.15) is 12.4 Å². The number of hydrogen-bond donors (Lipinski definition) is 2. The highest BCUT2D eigenvalue weighted by Gasteiger charge is 2.22. The molecule has 0 aromatic heterocycles. The molecule has 2 rings (SSSR count). The van der Waals surface area contributed by atoms with Crippen LogP contribution in [0.25, 0.3) is 0 Å². The molecule has 1 amide bonds. The maximum Gasteiger partial charge on any atom is 0.234 e. The van der Waals surface area contributed by atoms with Crippen LogP contribution in [0.2, 0.25) is 0 Å². The minimum Gasteiger partial charge on any atom is -0.492 e. The summed E-state index contributed by atoms with van der Waals surface area (Å²) in [5.41, 5.74) is 0. The minimum absolute atomic E-state index is 0. The molecule has 1 fully saturated rings. The van der Waals surface area contributed by atoms with Crippen LogP contribution < -0.4 is 15.4 Å². The van der Waals surface area contributed by atoms with Crippen LogP contribution in [0.5, 0.6) is 5.75 Å². The van der Waals surface area contributed by atoms with Gasteiger partial charge in [0.25, 0.3) is 0 Å². The van der Waals surface area contributed by atoms with Crippen molar-refractivity contribution in [1.82, 2.24) is 15.5 Å². The Morgan fingerprint density at radius 2 is 2.00 bits per heavy atom. The topological polar surface area (TPSA) is 53.6 Å². The second kappa shape index (κ2) is 12.1. The Morgan fingerprint density at radius 3 is 2.67 bits per heavy atom. The Morgan fingerprint density at radius 1 is 1.29 bits per heavy atom. The molecule has 0 radical (unpaired) electrons. The number of carbonyl (C=O) groups excluding carboxylic acids is 1. The van der Waals surface area contributed by atoms with E-state index >= 15 is 0 Å². The van der Waals surface area contributed by atoms with Gasteiger partial charge in [-0.1, -0.05) is 25.1 Å². The molecule has 0 atom stereocenters. The predicted molar refractivity (Wildman–Crippen MR) is 100.0 cm³/mol. The van der Waals surface area contributed by atoms with Crippen LogP contribution in [0.4, 0.5) is 0 Å². The van der Waals surface area contributed by atoms with Crippen LogP contribution in [0.3, 0.4) is 0 Å². The maximum absolute atomic E-state index is 12.2. The summed E-state index contributed by atoms with van der Waals surface area (Å²) in [6, 6.07) is 10.2. The van der Waals surface area contributed by atoms with Crippen LogP contribution in [-0.2, 0) is 4.79 Å². The average Bonchev–Trinajstić information content (AvgIpc) is 2.60. The molecule has 1 aromatic carbocycles. The lowest BCUT2D eigenvalue weighted by molar-refractivity contribution is -0.123. The number of benzene rings is 1. The predicted octanol–water partition coefficient (Wildman–Crippen LogP) is 2.07. The van der Waals surface area contributed by atoms with Crippen LogP contribution in [0, 0.1) is 0 Å². The summed E-state index contributed by atoms with van der Waals surface area (Å²) < 4.78 is 5.59. The number of nitrogens with one attached hydrogen (secondary N) is 2. The highest BCUT2D eigenvalue weighted by Crippen LogP contribution is 2.12. The molecule has 1 saturated heterocycles. The zero-order valence-corrected chi connectivity index (χ0v) is 15.3. The molecule has 0 saturated carbocycles. The molecule has 6 heteroatoms. The van der Waals surface area contributed by atoms with Gasteiger partial charge in [-0.05, 0) is 51.0 Å². The van der Waals surface area contributed by atoms with Crippen molar-refractivity contribution in [3.8, 4) is 5.75 Å². The van der Waals surface area contributed by atoms with Crippen molar-refractivity contribution in [3.63, 3.8) is 0 Å². The quantitative estimate of drug-likeness (QED) is 0.666. The van der Waals surface area contributed by atoms with Gasteiger partial charge in [-0.3, -0.25) is 9.69 Å². The van der Waals surface area contributed by atoms with E-state index < -0.39 is 0 Å². The first kappa shape index (κ1) is 20.7.